The summed E-state index contributed by atoms with van der Waals surface area (Å²) in [5.74, 6) is -0.761. The van der Waals surface area contributed by atoms with E-state index >= 15 is 0 Å². The first-order chi connectivity index (χ1) is 12.4. The topological polar surface area (TPSA) is 61.8 Å². The molecule has 0 aliphatic rings. The lowest BCUT2D eigenvalue weighted by atomic mass is 10.1. The SMILES string of the molecule is CCCCOCCC(C)(C)OC(=O)c1ccc(/C=C/C(=O)OCC)cc1. The maximum Gasteiger partial charge on any atom is 0.338 e. The highest BCUT2D eigenvalue weighted by Crippen LogP contribution is 2.18. The highest BCUT2D eigenvalue weighted by molar-refractivity contribution is 5.90. The van der Waals surface area contributed by atoms with Crippen LogP contribution in [-0.4, -0.2) is 37.4 Å². The molecule has 0 N–H and O–H groups in total. The van der Waals surface area contributed by atoms with Crippen LogP contribution in [0.2, 0.25) is 0 Å². The van der Waals surface area contributed by atoms with E-state index in [1.165, 1.54) is 6.08 Å². The van der Waals surface area contributed by atoms with E-state index < -0.39 is 5.60 Å². The van der Waals surface area contributed by atoms with Crippen LogP contribution < -0.4 is 0 Å². The standard InChI is InChI=1S/C21H30O5/c1-5-7-15-24-16-14-21(3,4)26-20(23)18-11-8-17(9-12-18)10-13-19(22)25-6-2/h8-13H,5-7,14-16H2,1-4H3/b13-10+. The van der Waals surface area contributed by atoms with Crippen molar-refractivity contribution in [1.29, 1.82) is 0 Å². The second-order valence-electron chi connectivity index (χ2n) is 6.57. The Morgan fingerprint density at radius 2 is 1.77 bits per heavy atom. The predicted octanol–water partition coefficient (Wildman–Crippen LogP) is 4.41. The number of hydrogen-bond acceptors (Lipinski definition) is 5. The third-order valence-electron chi connectivity index (χ3n) is 3.70. The quantitative estimate of drug-likeness (QED) is 0.332. The van der Waals surface area contributed by atoms with Gasteiger partial charge in [0.2, 0.25) is 0 Å². The van der Waals surface area contributed by atoms with Gasteiger partial charge in [0, 0.05) is 19.1 Å². The van der Waals surface area contributed by atoms with Crippen LogP contribution in [-0.2, 0) is 19.0 Å². The molecule has 0 fully saturated rings. The minimum Gasteiger partial charge on any atom is -0.463 e. The Hall–Kier alpha value is -2.14. The normalized spacial score (nSPS) is 11.5. The van der Waals surface area contributed by atoms with Crippen LogP contribution in [0.3, 0.4) is 0 Å². The Bertz CT molecular complexity index is 587. The monoisotopic (exact) mass is 362 g/mol. The second kappa shape index (κ2) is 11.5. The molecule has 0 aliphatic carbocycles. The molecule has 5 heteroatoms. The van der Waals surface area contributed by atoms with Crippen molar-refractivity contribution >= 4 is 18.0 Å². The average Bonchev–Trinajstić information content (AvgIpc) is 2.60. The van der Waals surface area contributed by atoms with Crippen molar-refractivity contribution in [2.45, 2.75) is 52.6 Å². The molecule has 0 unspecified atom stereocenters. The van der Waals surface area contributed by atoms with Gasteiger partial charge in [-0.3, -0.25) is 0 Å². The number of unbranched alkanes of at least 4 members (excludes halogenated alkanes) is 1. The first-order valence-corrected chi connectivity index (χ1v) is 9.14. The van der Waals surface area contributed by atoms with E-state index in [1.807, 2.05) is 13.8 Å². The van der Waals surface area contributed by atoms with E-state index in [1.54, 1.807) is 37.3 Å². The molecule has 0 bridgehead atoms. The van der Waals surface area contributed by atoms with Gasteiger partial charge in [-0.25, -0.2) is 9.59 Å². The molecule has 0 atom stereocenters. The van der Waals surface area contributed by atoms with Crippen molar-refractivity contribution in [3.63, 3.8) is 0 Å². The Balaban J connectivity index is 2.52. The fourth-order valence-corrected chi connectivity index (χ4v) is 2.11. The minimum atomic E-state index is -0.591. The summed E-state index contributed by atoms with van der Waals surface area (Å²) < 4.78 is 16.0. The largest absolute Gasteiger partial charge is 0.463 e. The predicted molar refractivity (Wildman–Crippen MR) is 102 cm³/mol. The zero-order valence-electron chi connectivity index (χ0n) is 16.2. The van der Waals surface area contributed by atoms with Crippen molar-refractivity contribution in [1.82, 2.24) is 0 Å². The van der Waals surface area contributed by atoms with Crippen LogP contribution in [0.25, 0.3) is 6.08 Å². The molecule has 1 rings (SSSR count). The fraction of sp³-hybridized carbons (Fsp3) is 0.524. The Kier molecular flexibility index (Phi) is 9.66. The van der Waals surface area contributed by atoms with Gasteiger partial charge in [-0.05, 0) is 51.0 Å². The van der Waals surface area contributed by atoms with E-state index in [0.29, 0.717) is 25.2 Å². The zero-order chi connectivity index (χ0) is 19.4. The maximum absolute atomic E-state index is 12.3. The van der Waals surface area contributed by atoms with Gasteiger partial charge in [0.25, 0.3) is 0 Å². The van der Waals surface area contributed by atoms with Crippen molar-refractivity contribution < 1.29 is 23.8 Å². The van der Waals surface area contributed by atoms with Gasteiger partial charge in [-0.15, -0.1) is 0 Å². The number of esters is 2. The van der Waals surface area contributed by atoms with E-state index in [0.717, 1.165) is 25.0 Å². The number of ether oxygens (including phenoxy) is 3. The molecule has 1 aromatic carbocycles. The number of benzene rings is 1. The first kappa shape index (κ1) is 21.9. The summed E-state index contributed by atoms with van der Waals surface area (Å²) >= 11 is 0. The van der Waals surface area contributed by atoms with Crippen LogP contribution in [0.5, 0.6) is 0 Å². The summed E-state index contributed by atoms with van der Waals surface area (Å²) in [6.45, 7) is 9.28. The number of carbonyl (C=O) groups excluding carboxylic acids is 2. The van der Waals surface area contributed by atoms with Gasteiger partial charge in [0.15, 0.2) is 0 Å². The molecule has 0 radical (unpaired) electrons. The summed E-state index contributed by atoms with van der Waals surface area (Å²) in [6, 6.07) is 6.88. The fourth-order valence-electron chi connectivity index (χ4n) is 2.11. The molecule has 0 amide bonds. The van der Waals surface area contributed by atoms with Gasteiger partial charge >= 0.3 is 11.9 Å². The summed E-state index contributed by atoms with van der Waals surface area (Å²) in [7, 11) is 0. The molecule has 0 saturated carbocycles. The zero-order valence-corrected chi connectivity index (χ0v) is 16.2. The highest BCUT2D eigenvalue weighted by atomic mass is 16.6. The molecular weight excluding hydrogens is 332 g/mol. The lowest BCUT2D eigenvalue weighted by Gasteiger charge is -2.25. The summed E-state index contributed by atoms with van der Waals surface area (Å²) in [5.41, 5.74) is 0.683. The average molecular weight is 362 g/mol. The van der Waals surface area contributed by atoms with Crippen LogP contribution in [0.4, 0.5) is 0 Å². The molecule has 144 valence electrons. The third-order valence-corrected chi connectivity index (χ3v) is 3.70. The molecular formula is C21H30O5. The third kappa shape index (κ3) is 8.81. The number of rotatable bonds is 11. The molecule has 0 spiro atoms. The van der Waals surface area contributed by atoms with E-state index in [4.69, 9.17) is 14.2 Å². The molecule has 0 aromatic heterocycles. The summed E-state index contributed by atoms with van der Waals surface area (Å²) in [6.07, 6.45) is 5.78. The van der Waals surface area contributed by atoms with E-state index in [2.05, 4.69) is 6.92 Å². The van der Waals surface area contributed by atoms with E-state index in [9.17, 15) is 9.59 Å². The summed E-state index contributed by atoms with van der Waals surface area (Å²) in [5, 5.41) is 0. The summed E-state index contributed by atoms with van der Waals surface area (Å²) in [4.78, 5) is 23.6. The van der Waals surface area contributed by atoms with Crippen LogP contribution >= 0.6 is 0 Å². The van der Waals surface area contributed by atoms with Crippen molar-refractivity contribution in [2.24, 2.45) is 0 Å². The van der Waals surface area contributed by atoms with Crippen LogP contribution in [0, 0.1) is 0 Å². The first-order valence-electron chi connectivity index (χ1n) is 9.14. The Labute approximate surface area is 156 Å². The molecule has 0 saturated heterocycles. The van der Waals surface area contributed by atoms with Crippen LogP contribution in [0.1, 0.15) is 62.9 Å². The smallest absolute Gasteiger partial charge is 0.338 e. The van der Waals surface area contributed by atoms with Gasteiger partial charge in [0.05, 0.1) is 18.8 Å². The maximum atomic E-state index is 12.3. The molecule has 26 heavy (non-hydrogen) atoms. The second-order valence-corrected chi connectivity index (χ2v) is 6.57. The highest BCUT2D eigenvalue weighted by Gasteiger charge is 2.23. The molecule has 1 aromatic rings. The lowest BCUT2D eigenvalue weighted by Crippen LogP contribution is -2.29. The lowest BCUT2D eigenvalue weighted by molar-refractivity contribution is -0.137. The molecule has 0 aliphatic heterocycles. The molecule has 0 heterocycles. The van der Waals surface area contributed by atoms with Gasteiger partial charge in [0.1, 0.15) is 5.60 Å². The van der Waals surface area contributed by atoms with Gasteiger partial charge in [-0.2, -0.15) is 0 Å². The molecule has 5 nitrogen and oxygen atoms in total. The van der Waals surface area contributed by atoms with E-state index in [-0.39, 0.29) is 11.9 Å². The van der Waals surface area contributed by atoms with Crippen molar-refractivity contribution in [2.75, 3.05) is 19.8 Å². The number of hydrogen-bond donors (Lipinski definition) is 0. The minimum absolute atomic E-state index is 0.341. The van der Waals surface area contributed by atoms with Crippen molar-refractivity contribution in [3.05, 3.63) is 41.5 Å². The Morgan fingerprint density at radius 3 is 2.38 bits per heavy atom. The Morgan fingerprint density at radius 1 is 1.08 bits per heavy atom. The van der Waals surface area contributed by atoms with Crippen molar-refractivity contribution in [3.8, 4) is 0 Å². The van der Waals surface area contributed by atoms with Crippen LogP contribution in [0.15, 0.2) is 30.3 Å². The number of carbonyl (C=O) groups is 2. The van der Waals surface area contributed by atoms with Gasteiger partial charge < -0.3 is 14.2 Å². The van der Waals surface area contributed by atoms with Gasteiger partial charge in [-0.1, -0.05) is 25.5 Å².